The fraction of sp³-hybridized carbons (Fsp3) is 0.522. The van der Waals surface area contributed by atoms with Gasteiger partial charge in [-0.05, 0) is 31.8 Å². The van der Waals surface area contributed by atoms with Gasteiger partial charge in [-0.2, -0.15) is 0 Å². The van der Waals surface area contributed by atoms with Gasteiger partial charge in [0.05, 0.1) is 0 Å². The zero-order valence-electron chi connectivity index (χ0n) is 15.2. The van der Waals surface area contributed by atoms with Gasteiger partial charge in [0.15, 0.2) is 5.78 Å². The lowest BCUT2D eigenvalue weighted by atomic mass is 10.0. The van der Waals surface area contributed by atoms with E-state index in [1.54, 1.807) is 6.08 Å². The Labute approximate surface area is 148 Å². The van der Waals surface area contributed by atoms with E-state index in [9.17, 15) is 4.79 Å². The van der Waals surface area contributed by atoms with Crippen LogP contribution < -0.4 is 0 Å². The number of hydrogen-bond acceptors (Lipinski definition) is 1. The first-order valence-corrected chi connectivity index (χ1v) is 9.71. The molecular weight excluding hydrogens is 292 g/mol. The van der Waals surface area contributed by atoms with Crippen LogP contribution in [0.2, 0.25) is 0 Å². The van der Waals surface area contributed by atoms with Crippen LogP contribution in [0.5, 0.6) is 0 Å². The monoisotopic (exact) mass is 326 g/mol. The molecule has 0 heterocycles. The molecule has 0 aliphatic rings. The highest BCUT2D eigenvalue weighted by molar-refractivity contribution is 6.04. The highest BCUT2D eigenvalue weighted by atomic mass is 16.1. The van der Waals surface area contributed by atoms with Crippen molar-refractivity contribution in [1.29, 1.82) is 0 Å². The van der Waals surface area contributed by atoms with Crippen molar-refractivity contribution in [2.75, 3.05) is 0 Å². The molecule has 0 unspecified atom stereocenters. The Balaban J connectivity index is 1.88. The summed E-state index contributed by atoms with van der Waals surface area (Å²) in [5.74, 6) is 0.115. The number of allylic oxidation sites excluding steroid dienone is 3. The lowest BCUT2D eigenvalue weighted by Gasteiger charge is -2.01. The van der Waals surface area contributed by atoms with Crippen molar-refractivity contribution in [3.8, 4) is 0 Å². The van der Waals surface area contributed by atoms with Crippen molar-refractivity contribution in [2.45, 2.75) is 77.0 Å². The molecule has 1 aromatic carbocycles. The van der Waals surface area contributed by atoms with Gasteiger partial charge >= 0.3 is 0 Å². The zero-order chi connectivity index (χ0) is 17.3. The fourth-order valence-corrected chi connectivity index (χ4v) is 2.85. The number of carbonyl (C=O) groups is 1. The number of carbonyl (C=O) groups excluding carboxylic acids is 1. The summed E-state index contributed by atoms with van der Waals surface area (Å²) in [4.78, 5) is 11.9. The summed E-state index contributed by atoms with van der Waals surface area (Å²) in [5, 5.41) is 0. The van der Waals surface area contributed by atoms with Gasteiger partial charge in [0.1, 0.15) is 0 Å². The molecule has 0 spiro atoms. The molecule has 1 aromatic rings. The van der Waals surface area contributed by atoms with Crippen LogP contribution in [0.25, 0.3) is 0 Å². The lowest BCUT2D eigenvalue weighted by molar-refractivity contribution is 0.104. The molecule has 1 nitrogen and oxygen atoms in total. The van der Waals surface area contributed by atoms with Crippen molar-refractivity contribution < 1.29 is 4.79 Å². The van der Waals surface area contributed by atoms with Crippen molar-refractivity contribution in [3.63, 3.8) is 0 Å². The van der Waals surface area contributed by atoms with E-state index in [2.05, 4.69) is 6.58 Å². The van der Waals surface area contributed by atoms with Crippen LogP contribution >= 0.6 is 0 Å². The van der Waals surface area contributed by atoms with E-state index in [0.717, 1.165) is 12.0 Å². The molecular formula is C23H34O. The largest absolute Gasteiger partial charge is 0.289 e. The van der Waals surface area contributed by atoms with E-state index < -0.39 is 0 Å². The zero-order valence-corrected chi connectivity index (χ0v) is 15.2. The third-order valence-electron chi connectivity index (χ3n) is 4.36. The molecule has 0 aromatic heterocycles. The number of rotatable bonds is 15. The Morgan fingerprint density at radius 1 is 0.750 bits per heavy atom. The maximum atomic E-state index is 11.9. The number of benzene rings is 1. The molecule has 0 atom stereocenters. The van der Waals surface area contributed by atoms with Gasteiger partial charge in [-0.25, -0.2) is 0 Å². The van der Waals surface area contributed by atoms with E-state index in [1.165, 1.54) is 70.6 Å². The van der Waals surface area contributed by atoms with Crippen molar-refractivity contribution in [3.05, 3.63) is 60.7 Å². The molecule has 0 saturated heterocycles. The first-order chi connectivity index (χ1) is 11.8. The van der Waals surface area contributed by atoms with Crippen LogP contribution in [-0.4, -0.2) is 5.78 Å². The van der Waals surface area contributed by atoms with E-state index >= 15 is 0 Å². The van der Waals surface area contributed by atoms with Gasteiger partial charge in [0.2, 0.25) is 0 Å². The van der Waals surface area contributed by atoms with Crippen LogP contribution in [0.3, 0.4) is 0 Å². The minimum Gasteiger partial charge on any atom is -0.289 e. The average Bonchev–Trinajstić information content (AvgIpc) is 2.62. The highest BCUT2D eigenvalue weighted by Crippen LogP contribution is 2.12. The van der Waals surface area contributed by atoms with E-state index in [0.29, 0.717) is 0 Å². The summed E-state index contributed by atoms with van der Waals surface area (Å²) in [6, 6.07) is 9.48. The van der Waals surface area contributed by atoms with Crippen LogP contribution in [0.15, 0.2) is 55.1 Å². The molecule has 0 N–H and O–H groups in total. The maximum Gasteiger partial charge on any atom is 0.185 e. The quantitative estimate of drug-likeness (QED) is 0.143. The molecule has 0 aliphatic heterocycles. The molecule has 1 heteroatoms. The smallest absolute Gasteiger partial charge is 0.185 e. The SMILES string of the molecule is C=CCCCCCCCCCCCCC=CC(=O)c1ccccc1. The van der Waals surface area contributed by atoms with Crippen molar-refractivity contribution in [2.24, 2.45) is 0 Å². The molecule has 0 radical (unpaired) electrons. The van der Waals surface area contributed by atoms with Gasteiger partial charge in [-0.15, -0.1) is 6.58 Å². The van der Waals surface area contributed by atoms with Crippen molar-refractivity contribution in [1.82, 2.24) is 0 Å². The Bertz CT molecular complexity index is 458. The lowest BCUT2D eigenvalue weighted by Crippen LogP contribution is -1.92. The molecule has 0 fully saturated rings. The van der Waals surface area contributed by atoms with Gasteiger partial charge in [0.25, 0.3) is 0 Å². The van der Waals surface area contributed by atoms with Gasteiger partial charge in [0, 0.05) is 5.56 Å². The topological polar surface area (TPSA) is 17.1 Å². The van der Waals surface area contributed by atoms with Crippen LogP contribution in [0.1, 0.15) is 87.4 Å². The van der Waals surface area contributed by atoms with E-state index in [4.69, 9.17) is 0 Å². The van der Waals surface area contributed by atoms with E-state index in [1.807, 2.05) is 42.5 Å². The summed E-state index contributed by atoms with van der Waals surface area (Å²) in [6.45, 7) is 3.76. The van der Waals surface area contributed by atoms with E-state index in [-0.39, 0.29) is 5.78 Å². The molecule has 0 amide bonds. The summed E-state index contributed by atoms with van der Waals surface area (Å²) in [6.07, 6.45) is 21.3. The Morgan fingerprint density at radius 2 is 1.25 bits per heavy atom. The normalized spacial score (nSPS) is 11.0. The summed E-state index contributed by atoms with van der Waals surface area (Å²) in [5.41, 5.74) is 0.776. The first-order valence-electron chi connectivity index (χ1n) is 9.71. The van der Waals surface area contributed by atoms with Crippen LogP contribution in [0, 0.1) is 0 Å². The number of ketones is 1. The van der Waals surface area contributed by atoms with Gasteiger partial charge in [-0.3, -0.25) is 4.79 Å². The second-order valence-corrected chi connectivity index (χ2v) is 6.53. The summed E-state index contributed by atoms with van der Waals surface area (Å²) < 4.78 is 0. The molecule has 1 rings (SSSR count). The van der Waals surface area contributed by atoms with Gasteiger partial charge in [-0.1, -0.05) is 93.9 Å². The second-order valence-electron chi connectivity index (χ2n) is 6.53. The average molecular weight is 327 g/mol. The third-order valence-corrected chi connectivity index (χ3v) is 4.36. The summed E-state index contributed by atoms with van der Waals surface area (Å²) in [7, 11) is 0. The predicted molar refractivity (Wildman–Crippen MR) is 106 cm³/mol. The molecule has 0 saturated carbocycles. The highest BCUT2D eigenvalue weighted by Gasteiger charge is 1.98. The Morgan fingerprint density at radius 3 is 1.79 bits per heavy atom. The van der Waals surface area contributed by atoms with Crippen LogP contribution in [0.4, 0.5) is 0 Å². The Hall–Kier alpha value is -1.63. The first kappa shape index (κ1) is 20.4. The molecule has 0 bridgehead atoms. The minimum absolute atomic E-state index is 0.115. The molecule has 0 aliphatic carbocycles. The van der Waals surface area contributed by atoms with Crippen molar-refractivity contribution >= 4 is 5.78 Å². The number of hydrogen-bond donors (Lipinski definition) is 0. The maximum absolute atomic E-state index is 11.9. The minimum atomic E-state index is 0.115. The molecule has 24 heavy (non-hydrogen) atoms. The standard InChI is InChI=1S/C23H34O/c1-2-3-4-5-6-7-8-9-10-11-12-13-14-18-21-23(24)22-19-16-15-17-20-22/h2,15-21H,1,3-14H2. The fourth-order valence-electron chi connectivity index (χ4n) is 2.85. The summed E-state index contributed by atoms with van der Waals surface area (Å²) >= 11 is 0. The molecule has 132 valence electrons. The van der Waals surface area contributed by atoms with Gasteiger partial charge < -0.3 is 0 Å². The predicted octanol–water partition coefficient (Wildman–Crippen LogP) is 7.29. The van der Waals surface area contributed by atoms with Crippen LogP contribution in [-0.2, 0) is 0 Å². The Kier molecular flexibility index (Phi) is 12.7. The second kappa shape index (κ2) is 14.9. The number of unbranched alkanes of at least 4 members (excludes halogenated alkanes) is 11. The third kappa shape index (κ3) is 11.0.